The number of anilines is 1. The van der Waals surface area contributed by atoms with Gasteiger partial charge in [0.05, 0.1) is 18.5 Å². The van der Waals surface area contributed by atoms with Gasteiger partial charge in [-0.1, -0.05) is 29.3 Å². The number of nitrogens with zero attached hydrogens (tertiary/aromatic N) is 2. The third kappa shape index (κ3) is 4.82. The molecule has 0 aliphatic carbocycles. The van der Waals surface area contributed by atoms with Crippen LogP contribution in [0, 0.1) is 20.8 Å². The molecule has 29 heavy (non-hydrogen) atoms. The lowest BCUT2D eigenvalue weighted by molar-refractivity contribution is -0.119. The second kappa shape index (κ2) is 8.60. The molecule has 0 fully saturated rings. The molecular formula is C22H23N3O4. The van der Waals surface area contributed by atoms with Gasteiger partial charge >= 0.3 is 5.97 Å². The van der Waals surface area contributed by atoms with Gasteiger partial charge in [0.15, 0.2) is 6.61 Å². The van der Waals surface area contributed by atoms with E-state index in [4.69, 9.17) is 9.47 Å². The number of ether oxygens (including phenoxy) is 2. The topological polar surface area (TPSA) is 82.4 Å². The first-order valence-electron chi connectivity index (χ1n) is 9.12. The van der Waals surface area contributed by atoms with Crippen molar-refractivity contribution < 1.29 is 19.1 Å². The van der Waals surface area contributed by atoms with Crippen LogP contribution in [0.25, 0.3) is 5.69 Å². The molecule has 0 saturated carbocycles. The summed E-state index contributed by atoms with van der Waals surface area (Å²) in [5, 5.41) is 7.16. The average Bonchev–Trinajstić information content (AvgIpc) is 3.06. The largest absolute Gasteiger partial charge is 0.496 e. The third-order valence-corrected chi connectivity index (χ3v) is 4.29. The minimum atomic E-state index is -0.621. The van der Waals surface area contributed by atoms with E-state index in [1.807, 2.05) is 51.1 Å². The highest BCUT2D eigenvalue weighted by atomic mass is 16.5. The van der Waals surface area contributed by atoms with E-state index in [0.29, 0.717) is 11.6 Å². The van der Waals surface area contributed by atoms with Crippen molar-refractivity contribution in [2.75, 3.05) is 19.0 Å². The highest BCUT2D eigenvalue weighted by Crippen LogP contribution is 2.21. The number of carbonyl (C=O) groups is 2. The Morgan fingerprint density at radius 3 is 2.38 bits per heavy atom. The number of hydrogen-bond donors (Lipinski definition) is 1. The van der Waals surface area contributed by atoms with Gasteiger partial charge in [-0.15, -0.1) is 0 Å². The van der Waals surface area contributed by atoms with Crippen molar-refractivity contribution in [2.24, 2.45) is 0 Å². The number of hydrogen-bond acceptors (Lipinski definition) is 5. The Labute approximate surface area is 169 Å². The van der Waals surface area contributed by atoms with Gasteiger partial charge in [0, 0.05) is 6.07 Å². The third-order valence-electron chi connectivity index (χ3n) is 4.29. The van der Waals surface area contributed by atoms with Crippen LogP contribution in [0.2, 0.25) is 0 Å². The number of esters is 1. The zero-order valence-electron chi connectivity index (χ0n) is 16.9. The monoisotopic (exact) mass is 393 g/mol. The first-order valence-corrected chi connectivity index (χ1v) is 9.12. The van der Waals surface area contributed by atoms with Crippen LogP contribution in [0.1, 0.15) is 27.2 Å². The fourth-order valence-corrected chi connectivity index (χ4v) is 2.84. The quantitative estimate of drug-likeness (QED) is 0.647. The van der Waals surface area contributed by atoms with Gasteiger partial charge in [0.1, 0.15) is 17.1 Å². The normalized spacial score (nSPS) is 10.5. The molecule has 1 N–H and O–H groups in total. The molecule has 0 radical (unpaired) electrons. The number of benzene rings is 2. The van der Waals surface area contributed by atoms with Crippen molar-refractivity contribution in [1.29, 1.82) is 0 Å². The summed E-state index contributed by atoms with van der Waals surface area (Å²) in [4.78, 5) is 24.7. The summed E-state index contributed by atoms with van der Waals surface area (Å²) < 4.78 is 12.0. The lowest BCUT2D eigenvalue weighted by Gasteiger charge is -2.11. The van der Waals surface area contributed by atoms with Gasteiger partial charge in [0.25, 0.3) is 5.91 Å². The van der Waals surface area contributed by atoms with Gasteiger partial charge in [0.2, 0.25) is 0 Å². The van der Waals surface area contributed by atoms with E-state index in [0.717, 1.165) is 22.5 Å². The fourth-order valence-electron chi connectivity index (χ4n) is 2.84. The number of nitrogens with one attached hydrogen (secondary N) is 1. The van der Waals surface area contributed by atoms with Crippen molar-refractivity contribution in [1.82, 2.24) is 9.78 Å². The smallest absolute Gasteiger partial charge is 0.342 e. The zero-order chi connectivity index (χ0) is 21.0. The maximum absolute atomic E-state index is 12.4. The Kier molecular flexibility index (Phi) is 5.97. The maximum atomic E-state index is 12.4. The predicted molar refractivity (Wildman–Crippen MR) is 110 cm³/mol. The SMILES string of the molecule is COc1ccc(C)cc1C(=O)OCC(=O)Nc1cc(C)nn1-c1ccc(C)cc1. The van der Waals surface area contributed by atoms with Gasteiger partial charge in [-0.2, -0.15) is 5.10 Å². The van der Waals surface area contributed by atoms with Gasteiger partial charge in [-0.3, -0.25) is 4.79 Å². The molecule has 0 bridgehead atoms. The average molecular weight is 393 g/mol. The molecule has 7 heteroatoms. The molecule has 7 nitrogen and oxygen atoms in total. The molecule has 150 valence electrons. The molecule has 0 unspecified atom stereocenters. The number of methoxy groups -OCH3 is 1. The highest BCUT2D eigenvalue weighted by molar-refractivity contribution is 5.96. The minimum absolute atomic E-state index is 0.279. The van der Waals surface area contributed by atoms with Gasteiger partial charge in [-0.05, 0) is 45.0 Å². The van der Waals surface area contributed by atoms with Gasteiger partial charge in [-0.25, -0.2) is 9.48 Å². The van der Waals surface area contributed by atoms with E-state index in [9.17, 15) is 9.59 Å². The van der Waals surface area contributed by atoms with E-state index in [1.165, 1.54) is 7.11 Å². The molecule has 0 saturated heterocycles. The van der Waals surface area contributed by atoms with Crippen molar-refractivity contribution >= 4 is 17.7 Å². The van der Waals surface area contributed by atoms with Crippen LogP contribution in [-0.2, 0) is 9.53 Å². The van der Waals surface area contributed by atoms with E-state index >= 15 is 0 Å². The standard InChI is InChI=1S/C22H23N3O4/c1-14-5-8-17(9-6-14)25-20(12-16(3)24-25)23-21(26)13-29-22(27)18-11-15(2)7-10-19(18)28-4/h5-12H,13H2,1-4H3,(H,23,26). The van der Waals surface area contributed by atoms with Crippen LogP contribution < -0.4 is 10.1 Å². The molecule has 0 aliphatic rings. The van der Waals surface area contributed by atoms with Crippen molar-refractivity contribution in [3.63, 3.8) is 0 Å². The van der Waals surface area contributed by atoms with E-state index in [1.54, 1.807) is 22.9 Å². The summed E-state index contributed by atoms with van der Waals surface area (Å²) >= 11 is 0. The summed E-state index contributed by atoms with van der Waals surface area (Å²) in [6, 6.07) is 14.7. The molecule has 2 aromatic carbocycles. The van der Waals surface area contributed by atoms with Crippen LogP contribution in [-0.4, -0.2) is 35.4 Å². The second-order valence-electron chi connectivity index (χ2n) is 6.75. The minimum Gasteiger partial charge on any atom is -0.496 e. The molecular weight excluding hydrogens is 370 g/mol. The first-order chi connectivity index (χ1) is 13.9. The highest BCUT2D eigenvalue weighted by Gasteiger charge is 2.17. The number of carbonyl (C=O) groups excluding carboxylic acids is 2. The summed E-state index contributed by atoms with van der Waals surface area (Å²) in [6.07, 6.45) is 0. The van der Waals surface area contributed by atoms with E-state index in [-0.39, 0.29) is 5.56 Å². The van der Waals surface area contributed by atoms with Crippen LogP contribution in [0.5, 0.6) is 5.75 Å². The molecule has 0 atom stereocenters. The van der Waals surface area contributed by atoms with Crippen molar-refractivity contribution in [3.05, 3.63) is 70.9 Å². The molecule has 3 aromatic rings. The van der Waals surface area contributed by atoms with E-state index < -0.39 is 18.5 Å². The maximum Gasteiger partial charge on any atom is 0.342 e. The first kappa shape index (κ1) is 20.1. The number of aromatic nitrogens is 2. The molecule has 0 aliphatic heterocycles. The van der Waals surface area contributed by atoms with Crippen LogP contribution in [0.15, 0.2) is 48.5 Å². The summed E-state index contributed by atoms with van der Waals surface area (Å²) in [5.41, 5.74) is 3.87. The second-order valence-corrected chi connectivity index (χ2v) is 6.75. The fraction of sp³-hybridized carbons (Fsp3) is 0.227. The van der Waals surface area contributed by atoms with Gasteiger partial charge < -0.3 is 14.8 Å². The predicted octanol–water partition coefficient (Wildman–Crippen LogP) is 3.60. The number of aryl methyl sites for hydroxylation is 3. The molecule has 1 heterocycles. The Morgan fingerprint density at radius 1 is 1.00 bits per heavy atom. The molecule has 1 aromatic heterocycles. The summed E-state index contributed by atoms with van der Waals surface area (Å²) in [7, 11) is 1.47. The Hall–Kier alpha value is -3.61. The Balaban J connectivity index is 1.68. The molecule has 0 spiro atoms. The van der Waals surface area contributed by atoms with Crippen molar-refractivity contribution in [3.8, 4) is 11.4 Å². The van der Waals surface area contributed by atoms with E-state index in [2.05, 4.69) is 10.4 Å². The van der Waals surface area contributed by atoms with Crippen LogP contribution >= 0.6 is 0 Å². The number of rotatable bonds is 6. The zero-order valence-corrected chi connectivity index (χ0v) is 16.9. The molecule has 3 rings (SSSR count). The Morgan fingerprint density at radius 2 is 1.69 bits per heavy atom. The summed E-state index contributed by atoms with van der Waals surface area (Å²) in [5.74, 6) is -0.184. The molecule has 1 amide bonds. The number of amides is 1. The Bertz CT molecular complexity index is 1040. The van der Waals surface area contributed by atoms with Crippen LogP contribution in [0.4, 0.5) is 5.82 Å². The van der Waals surface area contributed by atoms with Crippen molar-refractivity contribution in [2.45, 2.75) is 20.8 Å². The lowest BCUT2D eigenvalue weighted by atomic mass is 10.1. The lowest BCUT2D eigenvalue weighted by Crippen LogP contribution is -2.22. The van der Waals surface area contributed by atoms with Crippen LogP contribution in [0.3, 0.4) is 0 Å². The summed E-state index contributed by atoms with van der Waals surface area (Å²) in [6.45, 7) is 5.27.